The summed E-state index contributed by atoms with van der Waals surface area (Å²) in [6.07, 6.45) is 3.24. The van der Waals surface area contributed by atoms with Gasteiger partial charge in [-0.05, 0) is 24.3 Å². The van der Waals surface area contributed by atoms with Crippen molar-refractivity contribution in [2.24, 2.45) is 5.16 Å². The minimum absolute atomic E-state index is 0.0479. The summed E-state index contributed by atoms with van der Waals surface area (Å²) in [6.45, 7) is 3.94. The molecular weight excluding hydrogens is 336 g/mol. The van der Waals surface area contributed by atoms with Gasteiger partial charge in [-0.25, -0.2) is 4.79 Å². The van der Waals surface area contributed by atoms with Gasteiger partial charge in [-0.3, -0.25) is 10.1 Å². The number of nitrogens with zero attached hydrogens (tertiary/aromatic N) is 2. The first kappa shape index (κ1) is 17.1. The molecule has 2 aromatic rings. The summed E-state index contributed by atoms with van der Waals surface area (Å²) in [7, 11) is 0. The fourth-order valence-corrected chi connectivity index (χ4v) is 2.39. The van der Waals surface area contributed by atoms with Crippen LogP contribution in [0.4, 0.5) is 5.69 Å². The van der Waals surface area contributed by atoms with E-state index in [1.165, 1.54) is 24.3 Å². The smallest absolute Gasteiger partial charge is 0.368 e. The molecule has 0 bridgehead atoms. The molecule has 0 spiro atoms. The number of nitro benzene ring substituents is 1. The Morgan fingerprint density at radius 1 is 1.19 bits per heavy atom. The van der Waals surface area contributed by atoms with Gasteiger partial charge in [0.15, 0.2) is 0 Å². The molecule has 1 aliphatic heterocycles. The second-order valence-electron chi connectivity index (χ2n) is 5.32. The molecule has 7 nitrogen and oxygen atoms in total. The molecule has 0 aromatic heterocycles. The van der Waals surface area contributed by atoms with E-state index in [-0.39, 0.29) is 11.3 Å². The Hall–Kier alpha value is -3.74. The monoisotopic (exact) mass is 350 g/mol. The summed E-state index contributed by atoms with van der Waals surface area (Å²) in [5.74, 6) is -0.0143. The summed E-state index contributed by atoms with van der Waals surface area (Å²) < 4.78 is 5.59. The van der Waals surface area contributed by atoms with Crippen LogP contribution in [0.25, 0.3) is 6.08 Å². The van der Waals surface area contributed by atoms with Crippen molar-refractivity contribution >= 4 is 23.4 Å². The number of hydrogen-bond acceptors (Lipinski definition) is 6. The van der Waals surface area contributed by atoms with Crippen molar-refractivity contribution in [1.29, 1.82) is 0 Å². The molecular formula is C19H14N2O5. The van der Waals surface area contributed by atoms with Crippen LogP contribution in [0.15, 0.2) is 71.9 Å². The number of ether oxygens (including phenoxy) is 1. The Morgan fingerprint density at radius 3 is 2.62 bits per heavy atom. The fraction of sp³-hybridized carbons (Fsp3) is 0.0526. The lowest BCUT2D eigenvalue weighted by atomic mass is 10.00. The normalized spacial score (nSPS) is 14.7. The van der Waals surface area contributed by atoms with Crippen LogP contribution < -0.4 is 4.74 Å². The second kappa shape index (κ2) is 7.43. The van der Waals surface area contributed by atoms with Gasteiger partial charge < -0.3 is 9.57 Å². The van der Waals surface area contributed by atoms with Crippen molar-refractivity contribution in [2.45, 2.75) is 0 Å². The van der Waals surface area contributed by atoms with E-state index in [0.717, 1.165) is 0 Å². The summed E-state index contributed by atoms with van der Waals surface area (Å²) >= 11 is 0. The first-order valence-corrected chi connectivity index (χ1v) is 7.69. The molecule has 0 unspecified atom stereocenters. The minimum Gasteiger partial charge on any atom is -0.489 e. The van der Waals surface area contributed by atoms with Gasteiger partial charge in [-0.1, -0.05) is 36.0 Å². The third-order valence-corrected chi connectivity index (χ3v) is 3.62. The highest BCUT2D eigenvalue weighted by atomic mass is 16.7. The maximum atomic E-state index is 12.1. The highest BCUT2D eigenvalue weighted by Gasteiger charge is 2.27. The van der Waals surface area contributed by atoms with Crippen LogP contribution in [0.2, 0.25) is 0 Å². The quantitative estimate of drug-likeness (QED) is 0.261. The van der Waals surface area contributed by atoms with E-state index in [1.54, 1.807) is 24.3 Å². The molecule has 0 N–H and O–H groups in total. The lowest BCUT2D eigenvalue weighted by molar-refractivity contribution is -0.384. The zero-order valence-corrected chi connectivity index (χ0v) is 13.6. The Kier molecular flexibility index (Phi) is 4.89. The molecule has 2 aromatic carbocycles. The molecule has 0 radical (unpaired) electrons. The van der Waals surface area contributed by atoms with Crippen LogP contribution in [0.3, 0.4) is 0 Å². The number of hydrogen-bond donors (Lipinski definition) is 0. The van der Waals surface area contributed by atoms with Crippen LogP contribution >= 0.6 is 0 Å². The Morgan fingerprint density at radius 2 is 1.92 bits per heavy atom. The Labute approximate surface area is 149 Å². The molecule has 26 heavy (non-hydrogen) atoms. The van der Waals surface area contributed by atoms with E-state index < -0.39 is 10.9 Å². The first-order chi connectivity index (χ1) is 12.6. The van der Waals surface area contributed by atoms with Gasteiger partial charge in [0.2, 0.25) is 0 Å². The third-order valence-electron chi connectivity index (χ3n) is 3.62. The molecule has 0 atom stereocenters. The number of carbonyl (C=O) groups excluding carboxylic acids is 1. The second-order valence-corrected chi connectivity index (χ2v) is 5.32. The Bertz CT molecular complexity index is 929. The standard InChI is InChI=1S/C19H14N2O5/c1-2-11-25-17-6-4-3-5-14(17)12-16-18(20-26-19(16)22)13-7-9-15(10-8-13)21(23)24/h2-10,12H,1,11H2/b16-12-. The zero-order valence-electron chi connectivity index (χ0n) is 13.6. The van der Waals surface area contributed by atoms with Gasteiger partial charge >= 0.3 is 5.97 Å². The maximum Gasteiger partial charge on any atom is 0.368 e. The summed E-state index contributed by atoms with van der Waals surface area (Å²) in [5, 5.41) is 14.6. The summed E-state index contributed by atoms with van der Waals surface area (Å²) in [6, 6.07) is 12.9. The van der Waals surface area contributed by atoms with Gasteiger partial charge in [0, 0.05) is 23.3 Å². The van der Waals surface area contributed by atoms with Gasteiger partial charge in [0.05, 0.1) is 10.5 Å². The molecule has 1 aliphatic rings. The molecule has 3 rings (SSSR count). The molecule has 130 valence electrons. The van der Waals surface area contributed by atoms with Crippen molar-refractivity contribution in [2.75, 3.05) is 6.61 Å². The molecule has 0 amide bonds. The topological polar surface area (TPSA) is 91.0 Å². The van der Waals surface area contributed by atoms with E-state index in [1.807, 2.05) is 12.1 Å². The average Bonchev–Trinajstić information content (AvgIpc) is 3.01. The number of non-ortho nitro benzene ring substituents is 1. The van der Waals surface area contributed by atoms with Crippen LogP contribution in [-0.2, 0) is 9.63 Å². The summed E-state index contributed by atoms with van der Waals surface area (Å²) in [5.41, 5.74) is 1.72. The predicted molar refractivity (Wildman–Crippen MR) is 95.8 cm³/mol. The van der Waals surface area contributed by atoms with E-state index in [2.05, 4.69) is 11.7 Å². The molecule has 0 aliphatic carbocycles. The molecule has 7 heteroatoms. The van der Waals surface area contributed by atoms with Gasteiger partial charge in [-0.2, -0.15) is 0 Å². The number of oxime groups is 1. The highest BCUT2D eigenvalue weighted by molar-refractivity contribution is 6.31. The number of para-hydroxylation sites is 1. The van der Waals surface area contributed by atoms with E-state index in [9.17, 15) is 14.9 Å². The first-order valence-electron chi connectivity index (χ1n) is 7.69. The van der Waals surface area contributed by atoms with Crippen molar-refractivity contribution in [1.82, 2.24) is 0 Å². The SMILES string of the molecule is C=CCOc1ccccc1/C=C1\C(=O)ON=C1c1ccc([N+](=O)[O-])cc1. The highest BCUT2D eigenvalue weighted by Crippen LogP contribution is 2.26. The zero-order chi connectivity index (χ0) is 18.5. The lowest BCUT2D eigenvalue weighted by Gasteiger charge is -2.07. The van der Waals surface area contributed by atoms with E-state index in [4.69, 9.17) is 9.57 Å². The molecule has 0 saturated heterocycles. The number of rotatable bonds is 6. The number of benzene rings is 2. The van der Waals surface area contributed by atoms with Gasteiger partial charge in [0.25, 0.3) is 5.69 Å². The van der Waals surface area contributed by atoms with Crippen LogP contribution in [0.5, 0.6) is 5.75 Å². The van der Waals surface area contributed by atoms with Crippen molar-refractivity contribution in [3.8, 4) is 5.75 Å². The van der Waals surface area contributed by atoms with Crippen LogP contribution in [0.1, 0.15) is 11.1 Å². The number of nitro groups is 1. The predicted octanol–water partition coefficient (Wildman–Crippen LogP) is 3.50. The maximum absolute atomic E-state index is 12.1. The largest absolute Gasteiger partial charge is 0.489 e. The number of carbonyl (C=O) groups is 1. The van der Waals surface area contributed by atoms with Crippen LogP contribution in [-0.4, -0.2) is 23.2 Å². The van der Waals surface area contributed by atoms with Gasteiger partial charge in [0.1, 0.15) is 18.1 Å². The van der Waals surface area contributed by atoms with Gasteiger partial charge in [-0.15, -0.1) is 0 Å². The Balaban J connectivity index is 1.97. The molecule has 1 heterocycles. The summed E-state index contributed by atoms with van der Waals surface area (Å²) in [4.78, 5) is 27.2. The van der Waals surface area contributed by atoms with Crippen molar-refractivity contribution in [3.63, 3.8) is 0 Å². The van der Waals surface area contributed by atoms with Crippen molar-refractivity contribution in [3.05, 3.63) is 88.0 Å². The van der Waals surface area contributed by atoms with E-state index in [0.29, 0.717) is 29.2 Å². The van der Waals surface area contributed by atoms with Crippen LogP contribution in [0, 0.1) is 10.1 Å². The minimum atomic E-state index is -0.600. The third kappa shape index (κ3) is 3.51. The average molecular weight is 350 g/mol. The molecule has 0 saturated carbocycles. The fourth-order valence-electron chi connectivity index (χ4n) is 2.39. The van der Waals surface area contributed by atoms with E-state index >= 15 is 0 Å². The molecule has 0 fully saturated rings. The van der Waals surface area contributed by atoms with Crippen molar-refractivity contribution < 1.29 is 19.3 Å². The lowest BCUT2D eigenvalue weighted by Crippen LogP contribution is -2.07.